The Hall–Kier alpha value is -0.450. The fourth-order valence-electron chi connectivity index (χ4n) is 2.14. The number of thiazole rings is 1. The van der Waals surface area contributed by atoms with Gasteiger partial charge in [0.1, 0.15) is 0 Å². The van der Waals surface area contributed by atoms with Crippen molar-refractivity contribution in [1.29, 1.82) is 0 Å². The molecule has 0 bridgehead atoms. The smallest absolute Gasteiger partial charge is 0.0940 e. The molecule has 90 valence electrons. The predicted molar refractivity (Wildman–Crippen MR) is 68.9 cm³/mol. The minimum Gasteiger partial charge on any atom is -0.316 e. The highest BCUT2D eigenvalue weighted by Gasteiger charge is 2.21. The lowest BCUT2D eigenvalue weighted by Gasteiger charge is -2.14. The molecule has 2 N–H and O–H groups in total. The van der Waals surface area contributed by atoms with Crippen LogP contribution in [0.2, 0.25) is 0 Å². The monoisotopic (exact) mass is 239 g/mol. The average molecular weight is 239 g/mol. The standard InChI is InChI=1S/C12H21N3S/c1-9-5-14-7-11(9)6-13-4-3-12-15-10(2)8-16-12/h8-9,11,13-14H,3-7H2,1-2H3/t9-,11-/m1/s1. The minimum absolute atomic E-state index is 0.804. The van der Waals surface area contributed by atoms with Crippen molar-refractivity contribution >= 4 is 11.3 Å². The molecule has 0 aromatic carbocycles. The van der Waals surface area contributed by atoms with Crippen LogP contribution in [0.1, 0.15) is 17.6 Å². The molecule has 2 heterocycles. The van der Waals surface area contributed by atoms with Gasteiger partial charge in [0.05, 0.1) is 5.01 Å². The Balaban J connectivity index is 1.61. The molecule has 0 radical (unpaired) electrons. The van der Waals surface area contributed by atoms with Crippen molar-refractivity contribution in [3.05, 3.63) is 16.1 Å². The van der Waals surface area contributed by atoms with Crippen LogP contribution >= 0.6 is 11.3 Å². The van der Waals surface area contributed by atoms with Gasteiger partial charge >= 0.3 is 0 Å². The van der Waals surface area contributed by atoms with E-state index in [9.17, 15) is 0 Å². The van der Waals surface area contributed by atoms with Gasteiger partial charge in [-0.2, -0.15) is 0 Å². The fraction of sp³-hybridized carbons (Fsp3) is 0.750. The number of nitrogens with one attached hydrogen (secondary N) is 2. The van der Waals surface area contributed by atoms with E-state index in [2.05, 4.69) is 34.8 Å². The molecule has 1 aliphatic heterocycles. The van der Waals surface area contributed by atoms with Gasteiger partial charge in [-0.15, -0.1) is 11.3 Å². The first kappa shape index (κ1) is 12.0. The molecule has 3 nitrogen and oxygen atoms in total. The predicted octanol–water partition coefficient (Wildman–Crippen LogP) is 1.44. The van der Waals surface area contributed by atoms with Crippen LogP contribution in [-0.2, 0) is 6.42 Å². The second kappa shape index (κ2) is 5.75. The summed E-state index contributed by atoms with van der Waals surface area (Å²) in [6.45, 7) is 8.92. The van der Waals surface area contributed by atoms with Crippen LogP contribution in [0.5, 0.6) is 0 Å². The Labute approximate surface area is 102 Å². The molecule has 1 aromatic heterocycles. The van der Waals surface area contributed by atoms with Gasteiger partial charge in [-0.1, -0.05) is 6.92 Å². The molecule has 0 aliphatic carbocycles. The Morgan fingerprint density at radius 3 is 3.06 bits per heavy atom. The van der Waals surface area contributed by atoms with Gasteiger partial charge in [0, 0.05) is 24.0 Å². The molecular weight excluding hydrogens is 218 g/mol. The third kappa shape index (κ3) is 3.27. The van der Waals surface area contributed by atoms with Gasteiger partial charge < -0.3 is 10.6 Å². The quantitative estimate of drug-likeness (QED) is 0.764. The highest BCUT2D eigenvalue weighted by Crippen LogP contribution is 2.14. The highest BCUT2D eigenvalue weighted by molar-refractivity contribution is 7.09. The van der Waals surface area contributed by atoms with E-state index < -0.39 is 0 Å². The van der Waals surface area contributed by atoms with Gasteiger partial charge in [0.15, 0.2) is 0 Å². The minimum atomic E-state index is 0.804. The maximum atomic E-state index is 4.46. The summed E-state index contributed by atoms with van der Waals surface area (Å²) < 4.78 is 0. The van der Waals surface area contributed by atoms with E-state index in [-0.39, 0.29) is 0 Å². The molecule has 0 saturated carbocycles. The normalized spacial score (nSPS) is 25.1. The van der Waals surface area contributed by atoms with Crippen molar-refractivity contribution < 1.29 is 0 Å². The van der Waals surface area contributed by atoms with Gasteiger partial charge in [-0.05, 0) is 38.4 Å². The first-order valence-electron chi connectivity index (χ1n) is 6.08. The summed E-state index contributed by atoms with van der Waals surface area (Å²) in [6.07, 6.45) is 1.06. The summed E-state index contributed by atoms with van der Waals surface area (Å²) in [5.41, 5.74) is 1.15. The number of hydrogen-bond donors (Lipinski definition) is 2. The van der Waals surface area contributed by atoms with E-state index in [1.54, 1.807) is 11.3 Å². The molecule has 0 amide bonds. The third-order valence-electron chi connectivity index (χ3n) is 3.27. The van der Waals surface area contributed by atoms with Crippen LogP contribution in [0.3, 0.4) is 0 Å². The van der Waals surface area contributed by atoms with E-state index in [0.717, 1.165) is 37.0 Å². The lowest BCUT2D eigenvalue weighted by Crippen LogP contribution is -2.28. The molecule has 2 rings (SSSR count). The topological polar surface area (TPSA) is 37.0 Å². The molecule has 16 heavy (non-hydrogen) atoms. The Morgan fingerprint density at radius 2 is 2.44 bits per heavy atom. The summed E-state index contributed by atoms with van der Waals surface area (Å²) in [4.78, 5) is 4.46. The highest BCUT2D eigenvalue weighted by atomic mass is 32.1. The van der Waals surface area contributed by atoms with Crippen molar-refractivity contribution in [1.82, 2.24) is 15.6 Å². The molecule has 1 aromatic rings. The maximum absolute atomic E-state index is 4.46. The fourth-order valence-corrected chi connectivity index (χ4v) is 2.91. The van der Waals surface area contributed by atoms with Gasteiger partial charge in [0.25, 0.3) is 0 Å². The SMILES string of the molecule is Cc1csc(CCNC[C@@H]2CNC[C@H]2C)n1. The number of hydrogen-bond acceptors (Lipinski definition) is 4. The van der Waals surface area contributed by atoms with E-state index in [4.69, 9.17) is 0 Å². The molecule has 1 saturated heterocycles. The van der Waals surface area contributed by atoms with E-state index in [0.29, 0.717) is 0 Å². The summed E-state index contributed by atoms with van der Waals surface area (Å²) in [6, 6.07) is 0. The van der Waals surface area contributed by atoms with Crippen molar-refractivity contribution in [3.63, 3.8) is 0 Å². The molecule has 1 fully saturated rings. The molecular formula is C12H21N3S. The summed E-state index contributed by atoms with van der Waals surface area (Å²) in [5, 5.41) is 10.4. The molecule has 2 atom stereocenters. The number of rotatable bonds is 5. The maximum Gasteiger partial charge on any atom is 0.0940 e. The second-order valence-corrected chi connectivity index (χ2v) is 5.68. The van der Waals surface area contributed by atoms with E-state index in [1.165, 1.54) is 18.1 Å². The van der Waals surface area contributed by atoms with Crippen molar-refractivity contribution in [2.45, 2.75) is 20.3 Å². The van der Waals surface area contributed by atoms with E-state index >= 15 is 0 Å². The molecule has 0 unspecified atom stereocenters. The molecule has 4 heteroatoms. The largest absolute Gasteiger partial charge is 0.316 e. The molecule has 0 spiro atoms. The zero-order valence-corrected chi connectivity index (χ0v) is 10.9. The van der Waals surface area contributed by atoms with Crippen LogP contribution in [-0.4, -0.2) is 31.2 Å². The number of aromatic nitrogens is 1. The van der Waals surface area contributed by atoms with Crippen LogP contribution in [0.4, 0.5) is 0 Å². The first-order chi connectivity index (χ1) is 7.75. The number of aryl methyl sites for hydroxylation is 1. The average Bonchev–Trinajstić information content (AvgIpc) is 2.83. The van der Waals surface area contributed by atoms with Crippen molar-refractivity contribution in [2.24, 2.45) is 11.8 Å². The Morgan fingerprint density at radius 1 is 1.56 bits per heavy atom. The lowest BCUT2D eigenvalue weighted by atomic mass is 9.98. The van der Waals surface area contributed by atoms with Gasteiger partial charge in [-0.25, -0.2) is 4.98 Å². The summed E-state index contributed by atoms with van der Waals surface area (Å²) in [5.74, 6) is 1.62. The summed E-state index contributed by atoms with van der Waals surface area (Å²) >= 11 is 1.77. The zero-order chi connectivity index (χ0) is 11.4. The van der Waals surface area contributed by atoms with Gasteiger partial charge in [-0.3, -0.25) is 0 Å². The second-order valence-electron chi connectivity index (χ2n) is 4.73. The van der Waals surface area contributed by atoms with Crippen LogP contribution < -0.4 is 10.6 Å². The van der Waals surface area contributed by atoms with Gasteiger partial charge in [0.2, 0.25) is 0 Å². The summed E-state index contributed by atoms with van der Waals surface area (Å²) in [7, 11) is 0. The van der Waals surface area contributed by atoms with Crippen molar-refractivity contribution in [3.8, 4) is 0 Å². The van der Waals surface area contributed by atoms with E-state index in [1.807, 2.05) is 0 Å². The first-order valence-corrected chi connectivity index (χ1v) is 6.96. The van der Waals surface area contributed by atoms with Crippen molar-refractivity contribution in [2.75, 3.05) is 26.2 Å². The van der Waals surface area contributed by atoms with Crippen LogP contribution in [0, 0.1) is 18.8 Å². The number of nitrogens with zero attached hydrogens (tertiary/aromatic N) is 1. The Kier molecular flexibility index (Phi) is 4.32. The van der Waals surface area contributed by atoms with Crippen LogP contribution in [0.25, 0.3) is 0 Å². The third-order valence-corrected chi connectivity index (χ3v) is 4.29. The lowest BCUT2D eigenvalue weighted by molar-refractivity contribution is 0.422. The molecule has 1 aliphatic rings. The Bertz CT molecular complexity index is 324. The zero-order valence-electron chi connectivity index (χ0n) is 10.1. The van der Waals surface area contributed by atoms with Crippen LogP contribution in [0.15, 0.2) is 5.38 Å².